The van der Waals surface area contributed by atoms with Crippen LogP contribution in [0.3, 0.4) is 0 Å². The highest BCUT2D eigenvalue weighted by molar-refractivity contribution is 7.88. The third kappa shape index (κ3) is 4.92. The van der Waals surface area contributed by atoms with Crippen LogP contribution in [0, 0.1) is 5.82 Å². The van der Waals surface area contributed by atoms with E-state index in [4.69, 9.17) is 5.73 Å². The van der Waals surface area contributed by atoms with Gasteiger partial charge < -0.3 is 5.73 Å². The lowest BCUT2D eigenvalue weighted by atomic mass is 10.0. The molecule has 5 nitrogen and oxygen atoms in total. The topological polar surface area (TPSA) is 89.3 Å². The molecule has 3 N–H and O–H groups in total. The van der Waals surface area contributed by atoms with Crippen LogP contribution >= 0.6 is 0 Å². The molecule has 0 fully saturated rings. The monoisotopic (exact) mass is 260 g/mol. The lowest BCUT2D eigenvalue weighted by molar-refractivity contribution is -0.118. The number of benzene rings is 1. The molecule has 0 heterocycles. The number of primary amides is 1. The molecule has 0 aliphatic heterocycles. The summed E-state index contributed by atoms with van der Waals surface area (Å²) in [6.45, 7) is 0. The van der Waals surface area contributed by atoms with E-state index >= 15 is 0 Å². The number of hydrogen-bond acceptors (Lipinski definition) is 3. The van der Waals surface area contributed by atoms with Gasteiger partial charge in [-0.15, -0.1) is 0 Å². The summed E-state index contributed by atoms with van der Waals surface area (Å²) in [5.41, 5.74) is 5.51. The van der Waals surface area contributed by atoms with Gasteiger partial charge in [0.25, 0.3) is 0 Å². The summed E-state index contributed by atoms with van der Waals surface area (Å²) in [5.74, 6) is -1.08. The van der Waals surface area contributed by atoms with Crippen molar-refractivity contribution in [2.45, 2.75) is 12.5 Å². The number of carbonyl (C=O) groups is 1. The molecule has 1 rings (SSSR count). The molecule has 0 saturated heterocycles. The Balaban J connectivity index is 2.97. The quantitative estimate of drug-likeness (QED) is 0.797. The molecular formula is C10H13FN2O3S. The summed E-state index contributed by atoms with van der Waals surface area (Å²) in [6, 6.07) is 4.41. The summed E-state index contributed by atoms with van der Waals surface area (Å²) in [6.07, 6.45) is 0.795. The summed E-state index contributed by atoms with van der Waals surface area (Å²) in [5, 5.41) is 0. The molecule has 0 spiro atoms. The highest BCUT2D eigenvalue weighted by atomic mass is 32.2. The maximum absolute atomic E-state index is 12.7. The Kier molecular flexibility index (Phi) is 4.19. The number of hydrogen-bond donors (Lipinski definition) is 2. The SMILES string of the molecule is CS(=O)(=O)N[C@@H](CC(N)=O)c1ccc(F)cc1. The molecule has 0 aromatic heterocycles. The van der Waals surface area contributed by atoms with Crippen LogP contribution in [-0.4, -0.2) is 20.6 Å². The molecule has 7 heteroatoms. The molecule has 1 atom stereocenters. The standard InChI is InChI=1S/C10H13FN2O3S/c1-17(15,16)13-9(6-10(12)14)7-2-4-8(11)5-3-7/h2-5,9,13H,6H2,1H3,(H2,12,14)/t9-/m0/s1. The average Bonchev–Trinajstić information content (AvgIpc) is 2.14. The van der Waals surface area contributed by atoms with Crippen LogP contribution in [0.5, 0.6) is 0 Å². The molecule has 0 bridgehead atoms. The van der Waals surface area contributed by atoms with Crippen LogP contribution in [0.15, 0.2) is 24.3 Å². The Hall–Kier alpha value is -1.47. The van der Waals surface area contributed by atoms with Gasteiger partial charge in [0.1, 0.15) is 5.82 Å². The predicted molar refractivity (Wildman–Crippen MR) is 60.9 cm³/mol. The van der Waals surface area contributed by atoms with Crippen molar-refractivity contribution in [1.29, 1.82) is 0 Å². The highest BCUT2D eigenvalue weighted by Gasteiger charge is 2.18. The van der Waals surface area contributed by atoms with E-state index in [1.807, 2.05) is 0 Å². The zero-order valence-corrected chi connectivity index (χ0v) is 10.00. The minimum absolute atomic E-state index is 0.182. The van der Waals surface area contributed by atoms with Crippen molar-refractivity contribution < 1.29 is 17.6 Å². The van der Waals surface area contributed by atoms with Gasteiger partial charge in [-0.2, -0.15) is 0 Å². The maximum Gasteiger partial charge on any atom is 0.219 e. The molecule has 17 heavy (non-hydrogen) atoms. The van der Waals surface area contributed by atoms with Gasteiger partial charge in [-0.25, -0.2) is 17.5 Å². The smallest absolute Gasteiger partial charge is 0.219 e. The first-order valence-electron chi connectivity index (χ1n) is 4.79. The predicted octanol–water partition coefficient (Wildman–Crippen LogP) is 0.291. The first-order valence-corrected chi connectivity index (χ1v) is 6.68. The molecule has 1 aromatic carbocycles. The van der Waals surface area contributed by atoms with Gasteiger partial charge in [0.15, 0.2) is 0 Å². The van der Waals surface area contributed by atoms with Crippen molar-refractivity contribution in [2.75, 3.05) is 6.26 Å². The third-order valence-corrected chi connectivity index (χ3v) is 2.75. The number of carbonyl (C=O) groups excluding carboxylic acids is 1. The van der Waals surface area contributed by atoms with Gasteiger partial charge in [0, 0.05) is 6.42 Å². The zero-order chi connectivity index (χ0) is 13.1. The van der Waals surface area contributed by atoms with E-state index in [1.165, 1.54) is 24.3 Å². The van der Waals surface area contributed by atoms with Crippen LogP contribution in [0.25, 0.3) is 0 Å². The van der Waals surface area contributed by atoms with E-state index in [0.29, 0.717) is 5.56 Å². The first-order chi connectivity index (χ1) is 7.78. The van der Waals surface area contributed by atoms with E-state index in [0.717, 1.165) is 6.26 Å². The Morgan fingerprint density at radius 2 is 1.94 bits per heavy atom. The van der Waals surface area contributed by atoms with Gasteiger partial charge in [-0.3, -0.25) is 4.79 Å². The minimum atomic E-state index is -3.48. The first kappa shape index (κ1) is 13.6. The number of nitrogens with two attached hydrogens (primary N) is 1. The zero-order valence-electron chi connectivity index (χ0n) is 9.18. The second kappa shape index (κ2) is 5.24. The number of amides is 1. The van der Waals surface area contributed by atoms with E-state index in [2.05, 4.69) is 4.72 Å². The lowest BCUT2D eigenvalue weighted by Gasteiger charge is -2.16. The Morgan fingerprint density at radius 3 is 2.35 bits per heavy atom. The largest absolute Gasteiger partial charge is 0.370 e. The van der Waals surface area contributed by atoms with Gasteiger partial charge in [-0.1, -0.05) is 12.1 Å². The van der Waals surface area contributed by atoms with Crippen molar-refractivity contribution in [3.63, 3.8) is 0 Å². The van der Waals surface area contributed by atoms with Gasteiger partial charge in [0.05, 0.1) is 12.3 Å². The Labute approximate surface area is 98.9 Å². The van der Waals surface area contributed by atoms with E-state index in [9.17, 15) is 17.6 Å². The van der Waals surface area contributed by atoms with Crippen LogP contribution in [0.4, 0.5) is 4.39 Å². The number of halogens is 1. The van der Waals surface area contributed by atoms with Crippen molar-refractivity contribution >= 4 is 15.9 Å². The molecule has 0 saturated carbocycles. The van der Waals surface area contributed by atoms with Gasteiger partial charge >= 0.3 is 0 Å². The average molecular weight is 260 g/mol. The van der Waals surface area contributed by atoms with E-state index in [1.54, 1.807) is 0 Å². The van der Waals surface area contributed by atoms with Gasteiger partial charge in [-0.05, 0) is 17.7 Å². The molecule has 0 aliphatic rings. The van der Waals surface area contributed by atoms with Gasteiger partial charge in [0.2, 0.25) is 15.9 Å². The van der Waals surface area contributed by atoms with Crippen molar-refractivity contribution in [3.05, 3.63) is 35.6 Å². The Morgan fingerprint density at radius 1 is 1.41 bits per heavy atom. The fraction of sp³-hybridized carbons (Fsp3) is 0.300. The second-order valence-electron chi connectivity index (χ2n) is 3.66. The van der Waals surface area contributed by atoms with Crippen LogP contribution in [0.2, 0.25) is 0 Å². The molecule has 0 unspecified atom stereocenters. The maximum atomic E-state index is 12.7. The summed E-state index contributed by atoms with van der Waals surface area (Å²) < 4.78 is 37.2. The Bertz CT molecular complexity index is 499. The fourth-order valence-electron chi connectivity index (χ4n) is 1.38. The van der Waals surface area contributed by atoms with Crippen molar-refractivity contribution in [2.24, 2.45) is 5.73 Å². The third-order valence-electron chi connectivity index (χ3n) is 2.03. The highest BCUT2D eigenvalue weighted by Crippen LogP contribution is 2.17. The molecular weight excluding hydrogens is 247 g/mol. The van der Waals surface area contributed by atoms with Crippen LogP contribution in [-0.2, 0) is 14.8 Å². The molecule has 1 amide bonds. The fourth-order valence-corrected chi connectivity index (χ4v) is 2.12. The lowest BCUT2D eigenvalue weighted by Crippen LogP contribution is -2.30. The minimum Gasteiger partial charge on any atom is -0.370 e. The summed E-state index contributed by atoms with van der Waals surface area (Å²) in [4.78, 5) is 10.8. The molecule has 0 radical (unpaired) electrons. The van der Waals surface area contributed by atoms with Crippen molar-refractivity contribution in [1.82, 2.24) is 4.72 Å². The second-order valence-corrected chi connectivity index (χ2v) is 5.44. The van der Waals surface area contributed by atoms with E-state index in [-0.39, 0.29) is 6.42 Å². The summed E-state index contributed by atoms with van der Waals surface area (Å²) in [7, 11) is -3.48. The normalized spacial score (nSPS) is 13.3. The number of nitrogens with one attached hydrogen (secondary N) is 1. The summed E-state index contributed by atoms with van der Waals surface area (Å²) >= 11 is 0. The van der Waals surface area contributed by atoms with E-state index < -0.39 is 27.8 Å². The molecule has 94 valence electrons. The molecule has 1 aromatic rings. The van der Waals surface area contributed by atoms with Crippen LogP contribution < -0.4 is 10.5 Å². The number of sulfonamides is 1. The molecule has 0 aliphatic carbocycles. The van der Waals surface area contributed by atoms with Crippen molar-refractivity contribution in [3.8, 4) is 0 Å². The number of rotatable bonds is 5. The van der Waals surface area contributed by atoms with Crippen LogP contribution in [0.1, 0.15) is 18.0 Å².